The van der Waals surface area contributed by atoms with Gasteiger partial charge in [-0.05, 0) is 12.1 Å². The fraction of sp³-hybridized carbons (Fsp3) is 0.364. The molecule has 2 atom stereocenters. The van der Waals surface area contributed by atoms with E-state index in [9.17, 15) is 13.4 Å². The van der Waals surface area contributed by atoms with Gasteiger partial charge in [0, 0.05) is 27.1 Å². The van der Waals surface area contributed by atoms with Gasteiger partial charge in [0.25, 0.3) is 0 Å². The summed E-state index contributed by atoms with van der Waals surface area (Å²) in [5.41, 5.74) is 0.171. The first-order valence-electron chi connectivity index (χ1n) is 4.92. The maximum atomic E-state index is 13.4. The molecule has 6 heteroatoms. The zero-order valence-corrected chi connectivity index (χ0v) is 10.7. The van der Waals surface area contributed by atoms with Crippen molar-refractivity contribution in [1.29, 1.82) is 0 Å². The molecule has 0 aliphatic rings. The summed E-state index contributed by atoms with van der Waals surface area (Å²) >= 11 is 5.78. The van der Waals surface area contributed by atoms with Crippen LogP contribution in [0, 0.1) is 11.7 Å². The fourth-order valence-electron chi connectivity index (χ4n) is 1.24. The number of halogens is 2. The number of hydrogen-bond acceptors (Lipinski definition) is 2. The molecule has 17 heavy (non-hydrogen) atoms. The van der Waals surface area contributed by atoms with Crippen LogP contribution in [0.25, 0.3) is 0 Å². The summed E-state index contributed by atoms with van der Waals surface area (Å²) in [6.45, 7) is 1.46. The predicted octanol–water partition coefficient (Wildman–Crippen LogP) is 2.45. The Hall–Kier alpha value is -0.940. The number of benzene rings is 1. The summed E-state index contributed by atoms with van der Waals surface area (Å²) in [5, 5.41) is 8.88. The van der Waals surface area contributed by atoms with E-state index in [-0.39, 0.29) is 22.1 Å². The molecule has 0 aliphatic carbocycles. The molecule has 0 spiro atoms. The lowest BCUT2D eigenvalue weighted by Gasteiger charge is -2.08. The van der Waals surface area contributed by atoms with Crippen LogP contribution in [-0.4, -0.2) is 21.0 Å². The number of carbonyl (C=O) groups is 1. The molecule has 0 fully saturated rings. The Kier molecular flexibility index (Phi) is 5.08. The van der Waals surface area contributed by atoms with Crippen LogP contribution in [0.15, 0.2) is 18.2 Å². The van der Waals surface area contributed by atoms with Crippen LogP contribution in [-0.2, 0) is 21.3 Å². The molecular weight excluding hydrogens is 267 g/mol. The minimum atomic E-state index is -1.45. The van der Waals surface area contributed by atoms with Crippen LogP contribution >= 0.6 is 11.6 Å². The summed E-state index contributed by atoms with van der Waals surface area (Å²) < 4.78 is 25.0. The Balaban J connectivity index is 2.72. The molecule has 0 saturated carbocycles. The van der Waals surface area contributed by atoms with E-state index in [2.05, 4.69) is 0 Å². The largest absolute Gasteiger partial charge is 0.481 e. The van der Waals surface area contributed by atoms with Crippen molar-refractivity contribution in [2.75, 3.05) is 5.75 Å². The Morgan fingerprint density at radius 1 is 1.59 bits per heavy atom. The third-order valence-electron chi connectivity index (χ3n) is 2.22. The molecule has 1 N–H and O–H groups in total. The molecule has 1 rings (SSSR count). The van der Waals surface area contributed by atoms with Gasteiger partial charge < -0.3 is 5.11 Å². The molecule has 0 aliphatic heterocycles. The van der Waals surface area contributed by atoms with Gasteiger partial charge in [-0.1, -0.05) is 24.6 Å². The Morgan fingerprint density at radius 2 is 2.24 bits per heavy atom. The Labute approximate surface area is 106 Å². The normalized spacial score (nSPS) is 14.3. The van der Waals surface area contributed by atoms with Gasteiger partial charge in [0.15, 0.2) is 0 Å². The number of aliphatic carboxylic acids is 1. The molecule has 3 nitrogen and oxygen atoms in total. The van der Waals surface area contributed by atoms with E-state index in [4.69, 9.17) is 16.7 Å². The highest BCUT2D eigenvalue weighted by atomic mass is 35.5. The first-order valence-corrected chi connectivity index (χ1v) is 6.79. The summed E-state index contributed by atoms with van der Waals surface area (Å²) in [6.07, 6.45) is 0. The van der Waals surface area contributed by atoms with Gasteiger partial charge in [-0.3, -0.25) is 9.00 Å². The SMILES string of the molecule is CC(CS(=O)Cc1c(F)cccc1Cl)C(=O)O. The molecule has 0 amide bonds. The second-order valence-electron chi connectivity index (χ2n) is 3.69. The lowest BCUT2D eigenvalue weighted by atomic mass is 10.2. The molecule has 0 saturated heterocycles. The molecule has 0 heterocycles. The minimum absolute atomic E-state index is 0.0139. The maximum Gasteiger partial charge on any atom is 0.307 e. The van der Waals surface area contributed by atoms with Crippen LogP contribution in [0.3, 0.4) is 0 Å². The molecule has 1 aromatic rings. The zero-order chi connectivity index (χ0) is 13.0. The van der Waals surface area contributed by atoms with E-state index >= 15 is 0 Å². The van der Waals surface area contributed by atoms with Crippen LogP contribution in [0.2, 0.25) is 5.02 Å². The van der Waals surface area contributed by atoms with Crippen LogP contribution in [0.5, 0.6) is 0 Å². The second kappa shape index (κ2) is 6.12. The van der Waals surface area contributed by atoms with Crippen LogP contribution in [0.4, 0.5) is 4.39 Å². The first kappa shape index (κ1) is 14.1. The van der Waals surface area contributed by atoms with Crippen molar-refractivity contribution in [3.63, 3.8) is 0 Å². The molecule has 2 unspecified atom stereocenters. The van der Waals surface area contributed by atoms with Crippen molar-refractivity contribution in [3.8, 4) is 0 Å². The van der Waals surface area contributed by atoms with Crippen molar-refractivity contribution in [1.82, 2.24) is 0 Å². The summed E-state index contributed by atoms with van der Waals surface area (Å²) in [6, 6.07) is 4.21. The lowest BCUT2D eigenvalue weighted by Crippen LogP contribution is -2.18. The number of rotatable bonds is 5. The lowest BCUT2D eigenvalue weighted by molar-refractivity contribution is -0.140. The average molecular weight is 279 g/mol. The number of hydrogen-bond donors (Lipinski definition) is 1. The molecule has 94 valence electrons. The summed E-state index contributed by atoms with van der Waals surface area (Å²) in [5.74, 6) is -2.34. The van der Waals surface area contributed by atoms with E-state index in [1.165, 1.54) is 25.1 Å². The standard InChI is InChI=1S/C11H12ClFO3S/c1-7(11(14)15)5-17(16)6-8-9(12)3-2-4-10(8)13/h2-4,7H,5-6H2,1H3,(H,14,15). The highest BCUT2D eigenvalue weighted by Gasteiger charge is 2.17. The number of carboxylic acid groups (broad SMARTS) is 1. The fourth-order valence-corrected chi connectivity index (χ4v) is 2.98. The van der Waals surface area contributed by atoms with E-state index in [1.54, 1.807) is 0 Å². The van der Waals surface area contributed by atoms with Crippen molar-refractivity contribution < 1.29 is 18.5 Å². The van der Waals surface area contributed by atoms with Crippen molar-refractivity contribution in [2.24, 2.45) is 5.92 Å². The Morgan fingerprint density at radius 3 is 2.76 bits per heavy atom. The highest BCUT2D eigenvalue weighted by molar-refractivity contribution is 7.84. The highest BCUT2D eigenvalue weighted by Crippen LogP contribution is 2.21. The third kappa shape index (κ3) is 4.09. The van der Waals surface area contributed by atoms with Gasteiger partial charge in [-0.15, -0.1) is 0 Å². The van der Waals surface area contributed by atoms with Crippen molar-refractivity contribution in [2.45, 2.75) is 12.7 Å². The van der Waals surface area contributed by atoms with Gasteiger partial charge in [-0.25, -0.2) is 4.39 Å². The molecule has 0 aromatic heterocycles. The number of carboxylic acids is 1. The minimum Gasteiger partial charge on any atom is -0.481 e. The average Bonchev–Trinajstić information content (AvgIpc) is 2.23. The van der Waals surface area contributed by atoms with Gasteiger partial charge in [0.1, 0.15) is 5.82 Å². The first-order chi connectivity index (χ1) is 7.91. The smallest absolute Gasteiger partial charge is 0.307 e. The van der Waals surface area contributed by atoms with E-state index < -0.39 is 28.5 Å². The Bertz CT molecular complexity index is 430. The van der Waals surface area contributed by atoms with Crippen LogP contribution in [0.1, 0.15) is 12.5 Å². The van der Waals surface area contributed by atoms with Gasteiger partial charge in [0.2, 0.25) is 0 Å². The van der Waals surface area contributed by atoms with E-state index in [1.807, 2.05) is 0 Å². The third-order valence-corrected chi connectivity index (χ3v) is 4.06. The monoisotopic (exact) mass is 278 g/mol. The molecule has 0 radical (unpaired) electrons. The second-order valence-corrected chi connectivity index (χ2v) is 5.60. The van der Waals surface area contributed by atoms with Crippen molar-refractivity contribution >= 4 is 28.4 Å². The van der Waals surface area contributed by atoms with E-state index in [0.29, 0.717) is 0 Å². The predicted molar refractivity (Wildman–Crippen MR) is 64.9 cm³/mol. The topological polar surface area (TPSA) is 54.4 Å². The molecule has 1 aromatic carbocycles. The van der Waals surface area contributed by atoms with Gasteiger partial charge in [0.05, 0.1) is 11.7 Å². The summed E-state index contributed by atoms with van der Waals surface area (Å²) in [7, 11) is -1.45. The maximum absolute atomic E-state index is 13.4. The summed E-state index contributed by atoms with van der Waals surface area (Å²) in [4.78, 5) is 10.6. The van der Waals surface area contributed by atoms with Gasteiger partial charge in [-0.2, -0.15) is 0 Å². The van der Waals surface area contributed by atoms with E-state index in [0.717, 1.165) is 0 Å². The zero-order valence-electron chi connectivity index (χ0n) is 9.15. The quantitative estimate of drug-likeness (QED) is 0.900. The van der Waals surface area contributed by atoms with Gasteiger partial charge >= 0.3 is 5.97 Å². The molecule has 0 bridgehead atoms. The van der Waals surface area contributed by atoms with Crippen molar-refractivity contribution in [3.05, 3.63) is 34.6 Å². The molecular formula is C11H12ClFO3S. The van der Waals surface area contributed by atoms with Crippen LogP contribution < -0.4 is 0 Å².